The topological polar surface area (TPSA) is 93.2 Å². The van der Waals surface area contributed by atoms with Crippen LogP contribution in [0.5, 0.6) is 0 Å². The summed E-state index contributed by atoms with van der Waals surface area (Å²) in [5.74, 6) is -0.397. The van der Waals surface area contributed by atoms with Crippen molar-refractivity contribution in [2.75, 3.05) is 7.11 Å². The number of nitro benzene ring substituents is 1. The van der Waals surface area contributed by atoms with Crippen molar-refractivity contribution in [3.8, 4) is 6.07 Å². The van der Waals surface area contributed by atoms with Gasteiger partial charge in [0.15, 0.2) is 0 Å². The van der Waals surface area contributed by atoms with Crippen LogP contribution in [-0.2, 0) is 9.53 Å². The number of rotatable bonds is 4. The number of nitriles is 1. The lowest BCUT2D eigenvalue weighted by Gasteiger charge is -1.98. The summed E-state index contributed by atoms with van der Waals surface area (Å²) in [6.07, 6.45) is 3.17. The van der Waals surface area contributed by atoms with Crippen molar-refractivity contribution in [3.05, 3.63) is 45.5 Å². The Morgan fingerprint density at radius 1 is 1.61 bits per heavy atom. The zero-order chi connectivity index (χ0) is 13.5. The van der Waals surface area contributed by atoms with E-state index in [-0.39, 0.29) is 17.7 Å². The van der Waals surface area contributed by atoms with Crippen LogP contribution < -0.4 is 0 Å². The lowest BCUT2D eigenvalue weighted by molar-refractivity contribution is -0.384. The summed E-state index contributed by atoms with van der Waals surface area (Å²) in [4.78, 5) is 20.8. The van der Waals surface area contributed by atoms with Crippen molar-refractivity contribution < 1.29 is 14.5 Å². The number of esters is 1. The zero-order valence-electron chi connectivity index (χ0n) is 9.62. The van der Waals surface area contributed by atoms with Gasteiger partial charge >= 0.3 is 5.97 Å². The third-order valence-corrected chi connectivity index (χ3v) is 2.18. The highest BCUT2D eigenvalue weighted by Gasteiger charge is 2.08. The van der Waals surface area contributed by atoms with E-state index >= 15 is 0 Å². The number of non-ortho nitro benzene ring substituents is 1. The van der Waals surface area contributed by atoms with Crippen LogP contribution in [0, 0.1) is 21.4 Å². The molecule has 0 bridgehead atoms. The third-order valence-electron chi connectivity index (χ3n) is 2.18. The summed E-state index contributed by atoms with van der Waals surface area (Å²) < 4.78 is 4.45. The van der Waals surface area contributed by atoms with Crippen LogP contribution in [-0.4, -0.2) is 18.0 Å². The number of hydrogen-bond acceptors (Lipinski definition) is 5. The van der Waals surface area contributed by atoms with Gasteiger partial charge in [0, 0.05) is 12.1 Å². The lowest BCUT2D eigenvalue weighted by atomic mass is 10.1. The molecule has 6 heteroatoms. The zero-order valence-corrected chi connectivity index (χ0v) is 9.62. The quantitative estimate of drug-likeness (QED) is 0.460. The minimum Gasteiger partial charge on any atom is -0.469 e. The van der Waals surface area contributed by atoms with Crippen molar-refractivity contribution in [1.82, 2.24) is 0 Å². The molecule has 0 unspecified atom stereocenters. The fraction of sp³-hybridized carbons (Fsp3) is 0.167. The number of ether oxygens (including phenoxy) is 1. The second-order valence-corrected chi connectivity index (χ2v) is 3.32. The predicted octanol–water partition coefficient (Wildman–Crippen LogP) is 2.04. The first kappa shape index (κ1) is 13.4. The summed E-state index contributed by atoms with van der Waals surface area (Å²) in [5, 5.41) is 19.4. The highest BCUT2D eigenvalue weighted by molar-refractivity contribution is 5.73. The molecule has 1 rings (SSSR count). The highest BCUT2D eigenvalue weighted by Crippen LogP contribution is 2.18. The van der Waals surface area contributed by atoms with Crippen molar-refractivity contribution in [3.63, 3.8) is 0 Å². The molecule has 0 saturated carbocycles. The predicted molar refractivity (Wildman–Crippen MR) is 63.5 cm³/mol. The molecule has 0 saturated heterocycles. The monoisotopic (exact) mass is 246 g/mol. The SMILES string of the molecule is COC(=O)CC=Cc1ccc([N+](=O)[O-])cc1C#N. The van der Waals surface area contributed by atoms with Gasteiger partial charge in [-0.05, 0) is 11.6 Å². The molecule has 0 fully saturated rings. The summed E-state index contributed by atoms with van der Waals surface area (Å²) in [7, 11) is 1.28. The number of benzene rings is 1. The Morgan fingerprint density at radius 3 is 2.89 bits per heavy atom. The Hall–Kier alpha value is -2.68. The fourth-order valence-corrected chi connectivity index (χ4v) is 1.27. The van der Waals surface area contributed by atoms with E-state index in [4.69, 9.17) is 5.26 Å². The molecule has 1 aromatic rings. The first-order valence-corrected chi connectivity index (χ1v) is 5.00. The number of nitro groups is 1. The highest BCUT2D eigenvalue weighted by atomic mass is 16.6. The number of carbonyl (C=O) groups excluding carboxylic acids is 1. The van der Waals surface area contributed by atoms with Crippen LogP contribution in [0.3, 0.4) is 0 Å². The first-order chi connectivity index (χ1) is 8.58. The average Bonchev–Trinajstić information content (AvgIpc) is 2.38. The van der Waals surface area contributed by atoms with Crippen LogP contribution >= 0.6 is 0 Å². The molecule has 92 valence electrons. The van der Waals surface area contributed by atoms with Gasteiger partial charge < -0.3 is 4.74 Å². The molecule has 6 nitrogen and oxygen atoms in total. The van der Waals surface area contributed by atoms with Gasteiger partial charge in [-0.3, -0.25) is 14.9 Å². The molecule has 0 aliphatic carbocycles. The summed E-state index contributed by atoms with van der Waals surface area (Å²) >= 11 is 0. The molecule has 0 aromatic heterocycles. The number of nitrogens with zero attached hydrogens (tertiary/aromatic N) is 2. The van der Waals surface area contributed by atoms with Crippen LogP contribution in [0.25, 0.3) is 6.08 Å². The molecule has 0 atom stereocenters. The average molecular weight is 246 g/mol. The number of carbonyl (C=O) groups is 1. The van der Waals surface area contributed by atoms with E-state index < -0.39 is 10.9 Å². The van der Waals surface area contributed by atoms with E-state index in [1.165, 1.54) is 31.4 Å². The van der Waals surface area contributed by atoms with Gasteiger partial charge in [0.05, 0.1) is 24.0 Å². The molecular formula is C12H10N2O4. The molecule has 0 aliphatic heterocycles. The summed E-state index contributed by atoms with van der Waals surface area (Å²) in [6.45, 7) is 0. The Balaban J connectivity index is 2.94. The van der Waals surface area contributed by atoms with Gasteiger partial charge in [0.1, 0.15) is 6.07 Å². The molecule has 0 spiro atoms. The Kier molecular flexibility index (Phi) is 4.58. The minimum absolute atomic E-state index is 0.0817. The first-order valence-electron chi connectivity index (χ1n) is 5.00. The normalized spacial score (nSPS) is 10.0. The van der Waals surface area contributed by atoms with Crippen LogP contribution in [0.4, 0.5) is 5.69 Å². The van der Waals surface area contributed by atoms with Crippen LogP contribution in [0.1, 0.15) is 17.5 Å². The van der Waals surface area contributed by atoms with E-state index in [0.29, 0.717) is 5.56 Å². The van der Waals surface area contributed by atoms with Gasteiger partial charge in [0.2, 0.25) is 0 Å². The van der Waals surface area contributed by atoms with E-state index in [0.717, 1.165) is 0 Å². The van der Waals surface area contributed by atoms with E-state index in [1.54, 1.807) is 6.08 Å². The molecule has 0 aliphatic rings. The summed E-state index contributed by atoms with van der Waals surface area (Å²) in [5.41, 5.74) is 0.564. The van der Waals surface area contributed by atoms with Crippen molar-refractivity contribution >= 4 is 17.7 Å². The second kappa shape index (κ2) is 6.15. The molecule has 18 heavy (non-hydrogen) atoms. The van der Waals surface area contributed by atoms with Crippen molar-refractivity contribution in [1.29, 1.82) is 5.26 Å². The lowest BCUT2D eigenvalue weighted by Crippen LogP contribution is -1.96. The fourth-order valence-electron chi connectivity index (χ4n) is 1.27. The molecule has 0 N–H and O–H groups in total. The second-order valence-electron chi connectivity index (χ2n) is 3.32. The Bertz CT molecular complexity index is 543. The molecule has 0 radical (unpaired) electrons. The van der Waals surface area contributed by atoms with E-state index in [1.807, 2.05) is 6.07 Å². The molecular weight excluding hydrogens is 236 g/mol. The minimum atomic E-state index is -0.567. The maximum atomic E-state index is 10.9. The van der Waals surface area contributed by atoms with Gasteiger partial charge in [0.25, 0.3) is 5.69 Å². The molecule has 0 amide bonds. The summed E-state index contributed by atoms with van der Waals surface area (Å²) in [6, 6.07) is 5.83. The number of methoxy groups -OCH3 is 1. The number of hydrogen-bond donors (Lipinski definition) is 0. The van der Waals surface area contributed by atoms with Crippen LogP contribution in [0.2, 0.25) is 0 Å². The van der Waals surface area contributed by atoms with Gasteiger partial charge in [-0.25, -0.2) is 0 Å². The Morgan fingerprint density at radius 2 is 2.33 bits per heavy atom. The largest absolute Gasteiger partial charge is 0.469 e. The maximum Gasteiger partial charge on any atom is 0.309 e. The third kappa shape index (κ3) is 3.42. The standard InChI is InChI=1S/C12H10N2O4/c1-18-12(15)4-2-3-9-5-6-11(14(16)17)7-10(9)8-13/h2-3,5-7H,4H2,1H3. The van der Waals surface area contributed by atoms with Crippen molar-refractivity contribution in [2.45, 2.75) is 6.42 Å². The van der Waals surface area contributed by atoms with E-state index in [2.05, 4.69) is 4.74 Å². The molecule has 0 heterocycles. The Labute approximate surface area is 103 Å². The van der Waals surface area contributed by atoms with Crippen molar-refractivity contribution in [2.24, 2.45) is 0 Å². The van der Waals surface area contributed by atoms with Gasteiger partial charge in [-0.2, -0.15) is 5.26 Å². The van der Waals surface area contributed by atoms with Crippen LogP contribution in [0.15, 0.2) is 24.3 Å². The van der Waals surface area contributed by atoms with Gasteiger partial charge in [-0.15, -0.1) is 0 Å². The van der Waals surface area contributed by atoms with Gasteiger partial charge in [-0.1, -0.05) is 12.2 Å². The van der Waals surface area contributed by atoms with E-state index in [9.17, 15) is 14.9 Å². The molecule has 1 aromatic carbocycles. The smallest absolute Gasteiger partial charge is 0.309 e. The maximum absolute atomic E-state index is 10.9.